The number of carbonyl (C=O) groups is 1. The summed E-state index contributed by atoms with van der Waals surface area (Å²) < 4.78 is 4.81. The van der Waals surface area contributed by atoms with Gasteiger partial charge in [-0.1, -0.05) is 24.3 Å². The van der Waals surface area contributed by atoms with Crippen LogP contribution in [0, 0.1) is 0 Å². The Labute approximate surface area is 85.9 Å². The lowest BCUT2D eigenvalue weighted by Gasteiger charge is -2.06. The number of carbonyl (C=O) groups excluding carboxylic acids is 1. The highest BCUT2D eigenvalue weighted by Gasteiger charge is 2.06. The van der Waals surface area contributed by atoms with Gasteiger partial charge < -0.3 is 15.6 Å². The lowest BCUT2D eigenvalue weighted by molar-refractivity contribution is 0.211. The normalized spacial score (nSPS) is 10.1. The van der Waals surface area contributed by atoms with E-state index in [2.05, 4.69) is 0 Å². The molecule has 2 aromatic carbocycles. The van der Waals surface area contributed by atoms with Crippen molar-refractivity contribution in [2.75, 3.05) is 0 Å². The number of benzene rings is 2. The van der Waals surface area contributed by atoms with Crippen molar-refractivity contribution in [2.24, 2.45) is 5.73 Å². The summed E-state index contributed by atoms with van der Waals surface area (Å²) in [7, 11) is 0. The molecular formula is C11H9NO3. The number of fused-ring (bicyclic) bond motifs is 1. The smallest absolute Gasteiger partial charge is 0.409 e. The van der Waals surface area contributed by atoms with Crippen LogP contribution in [0.3, 0.4) is 0 Å². The Bertz CT molecular complexity index is 522. The molecule has 0 saturated heterocycles. The quantitative estimate of drug-likeness (QED) is 0.744. The van der Waals surface area contributed by atoms with E-state index in [4.69, 9.17) is 10.5 Å². The van der Waals surface area contributed by atoms with Gasteiger partial charge >= 0.3 is 6.09 Å². The maximum absolute atomic E-state index is 10.6. The molecule has 2 rings (SSSR count). The molecule has 4 heteroatoms. The topological polar surface area (TPSA) is 72.6 Å². The van der Waals surface area contributed by atoms with Gasteiger partial charge in [-0.2, -0.15) is 0 Å². The lowest BCUT2D eigenvalue weighted by Crippen LogP contribution is -2.16. The van der Waals surface area contributed by atoms with E-state index < -0.39 is 6.09 Å². The van der Waals surface area contributed by atoms with E-state index in [1.165, 1.54) is 0 Å². The van der Waals surface area contributed by atoms with E-state index in [0.717, 1.165) is 0 Å². The molecule has 4 nitrogen and oxygen atoms in total. The molecule has 15 heavy (non-hydrogen) atoms. The number of ether oxygens (including phenoxy) is 1. The second-order valence-corrected chi connectivity index (χ2v) is 3.05. The van der Waals surface area contributed by atoms with Crippen molar-refractivity contribution in [1.29, 1.82) is 0 Å². The van der Waals surface area contributed by atoms with Crippen LogP contribution in [0.1, 0.15) is 0 Å². The third kappa shape index (κ3) is 1.69. The number of hydrogen-bond acceptors (Lipinski definition) is 3. The van der Waals surface area contributed by atoms with E-state index in [0.29, 0.717) is 16.5 Å². The number of phenolic OH excluding ortho intramolecular Hbond substituents is 1. The number of rotatable bonds is 1. The Morgan fingerprint density at radius 2 is 1.80 bits per heavy atom. The number of aromatic hydroxyl groups is 1. The molecule has 0 bridgehead atoms. The maximum Gasteiger partial charge on any atom is 0.409 e. The number of primary amides is 1. The first-order valence-electron chi connectivity index (χ1n) is 4.36. The molecule has 3 N–H and O–H groups in total. The van der Waals surface area contributed by atoms with Crippen LogP contribution in [0.2, 0.25) is 0 Å². The third-order valence-electron chi connectivity index (χ3n) is 2.07. The molecule has 0 aliphatic rings. The number of phenols is 1. The molecule has 0 unspecified atom stereocenters. The largest absolute Gasteiger partial charge is 0.507 e. The van der Waals surface area contributed by atoms with Crippen molar-refractivity contribution in [3.63, 3.8) is 0 Å². The molecule has 0 fully saturated rings. The number of amides is 1. The van der Waals surface area contributed by atoms with Crippen LogP contribution < -0.4 is 10.5 Å². The van der Waals surface area contributed by atoms with Crippen LogP contribution in [0.25, 0.3) is 10.8 Å². The first-order chi connectivity index (χ1) is 7.18. The average Bonchev–Trinajstić information content (AvgIpc) is 2.19. The van der Waals surface area contributed by atoms with Gasteiger partial charge in [0, 0.05) is 10.8 Å². The van der Waals surface area contributed by atoms with Crippen molar-refractivity contribution in [3.05, 3.63) is 36.4 Å². The van der Waals surface area contributed by atoms with Gasteiger partial charge in [-0.15, -0.1) is 0 Å². The summed E-state index contributed by atoms with van der Waals surface area (Å²) in [6.07, 6.45) is -0.870. The van der Waals surface area contributed by atoms with Crippen LogP contribution in [-0.4, -0.2) is 11.2 Å². The molecule has 0 aliphatic carbocycles. The zero-order chi connectivity index (χ0) is 10.8. The Balaban J connectivity index is 2.65. The summed E-state index contributed by atoms with van der Waals surface area (Å²) in [5.74, 6) is 0.485. The molecule has 1 amide bonds. The van der Waals surface area contributed by atoms with E-state index in [9.17, 15) is 9.90 Å². The third-order valence-corrected chi connectivity index (χ3v) is 2.07. The summed E-state index contributed by atoms with van der Waals surface area (Å²) in [6.45, 7) is 0. The molecule has 2 aromatic rings. The maximum atomic E-state index is 10.6. The average molecular weight is 203 g/mol. The van der Waals surface area contributed by atoms with Gasteiger partial charge in [-0.3, -0.25) is 0 Å². The highest BCUT2D eigenvalue weighted by Crippen LogP contribution is 2.31. The minimum Gasteiger partial charge on any atom is -0.507 e. The van der Waals surface area contributed by atoms with Gasteiger partial charge in [0.2, 0.25) is 0 Å². The fraction of sp³-hybridized carbons (Fsp3) is 0. The fourth-order valence-corrected chi connectivity index (χ4v) is 1.46. The second kappa shape index (κ2) is 3.49. The molecule has 0 aliphatic heterocycles. The number of nitrogens with two attached hydrogens (primary N) is 1. The summed E-state index contributed by atoms with van der Waals surface area (Å²) in [4.78, 5) is 10.6. The van der Waals surface area contributed by atoms with Crippen LogP contribution in [0.4, 0.5) is 4.79 Å². The van der Waals surface area contributed by atoms with Gasteiger partial charge in [-0.25, -0.2) is 4.79 Å². The molecule has 76 valence electrons. The van der Waals surface area contributed by atoms with Crippen molar-refractivity contribution >= 4 is 16.9 Å². The first-order valence-corrected chi connectivity index (χ1v) is 4.36. The van der Waals surface area contributed by atoms with Gasteiger partial charge in [0.05, 0.1) is 0 Å². The monoisotopic (exact) mass is 203 g/mol. The second-order valence-electron chi connectivity index (χ2n) is 3.05. The lowest BCUT2D eigenvalue weighted by atomic mass is 10.1. The summed E-state index contributed by atoms with van der Waals surface area (Å²) >= 11 is 0. The first kappa shape index (κ1) is 9.33. The highest BCUT2D eigenvalue weighted by molar-refractivity contribution is 5.94. The molecular weight excluding hydrogens is 194 g/mol. The minimum atomic E-state index is -0.870. The van der Waals surface area contributed by atoms with Crippen molar-refractivity contribution in [3.8, 4) is 11.5 Å². The standard InChI is InChI=1S/C11H9NO3/c12-11(14)15-10-6-2-3-7-8(10)4-1-5-9(7)13/h1-6,13H,(H2,12,14). The van der Waals surface area contributed by atoms with Gasteiger partial charge in [0.1, 0.15) is 11.5 Å². The molecule has 0 radical (unpaired) electrons. The van der Waals surface area contributed by atoms with E-state index in [-0.39, 0.29) is 5.75 Å². The Morgan fingerprint density at radius 3 is 2.53 bits per heavy atom. The van der Waals surface area contributed by atoms with Crippen LogP contribution in [0.5, 0.6) is 11.5 Å². The van der Waals surface area contributed by atoms with Crippen LogP contribution in [0.15, 0.2) is 36.4 Å². The minimum absolute atomic E-state index is 0.141. The van der Waals surface area contributed by atoms with Crippen LogP contribution in [-0.2, 0) is 0 Å². The van der Waals surface area contributed by atoms with Crippen molar-refractivity contribution < 1.29 is 14.6 Å². The van der Waals surface area contributed by atoms with Crippen molar-refractivity contribution in [2.45, 2.75) is 0 Å². The Morgan fingerprint density at radius 1 is 1.13 bits per heavy atom. The molecule has 0 heterocycles. The van der Waals surface area contributed by atoms with E-state index in [1.54, 1.807) is 36.4 Å². The van der Waals surface area contributed by atoms with Crippen molar-refractivity contribution in [1.82, 2.24) is 0 Å². The Hall–Kier alpha value is -2.23. The van der Waals surface area contributed by atoms with E-state index >= 15 is 0 Å². The zero-order valence-electron chi connectivity index (χ0n) is 7.81. The summed E-state index contributed by atoms with van der Waals surface area (Å²) in [5, 5.41) is 10.8. The molecule has 0 atom stereocenters. The molecule has 0 saturated carbocycles. The highest BCUT2D eigenvalue weighted by atomic mass is 16.5. The van der Waals surface area contributed by atoms with Crippen LogP contribution >= 0.6 is 0 Å². The SMILES string of the molecule is NC(=O)Oc1cccc2c(O)cccc12. The predicted molar refractivity (Wildman–Crippen MR) is 55.8 cm³/mol. The van der Waals surface area contributed by atoms with Gasteiger partial charge in [0.25, 0.3) is 0 Å². The summed E-state index contributed by atoms with van der Waals surface area (Å²) in [5.41, 5.74) is 4.93. The molecule has 0 aromatic heterocycles. The predicted octanol–water partition coefficient (Wildman–Crippen LogP) is 2.00. The molecule has 0 spiro atoms. The Kier molecular flexibility index (Phi) is 2.17. The zero-order valence-corrected chi connectivity index (χ0v) is 7.81. The van der Waals surface area contributed by atoms with E-state index in [1.807, 2.05) is 0 Å². The number of hydrogen-bond donors (Lipinski definition) is 2. The summed E-state index contributed by atoms with van der Waals surface area (Å²) in [6, 6.07) is 10.0. The fourth-order valence-electron chi connectivity index (χ4n) is 1.46. The van der Waals surface area contributed by atoms with Gasteiger partial charge in [0.15, 0.2) is 0 Å². The van der Waals surface area contributed by atoms with Gasteiger partial charge in [-0.05, 0) is 12.1 Å².